The average Bonchev–Trinajstić information content (AvgIpc) is 2.75. The van der Waals surface area contributed by atoms with Crippen molar-refractivity contribution in [1.82, 2.24) is 0 Å². The van der Waals surface area contributed by atoms with Gasteiger partial charge in [-0.3, -0.25) is 0 Å². The van der Waals surface area contributed by atoms with Crippen LogP contribution in [0.5, 0.6) is 0 Å². The van der Waals surface area contributed by atoms with Gasteiger partial charge in [0.2, 0.25) is 0 Å². The number of aliphatic hydroxyl groups excluding tert-OH is 1. The second kappa shape index (κ2) is 5.71. The van der Waals surface area contributed by atoms with Crippen molar-refractivity contribution in [2.45, 2.75) is 38.0 Å². The van der Waals surface area contributed by atoms with Gasteiger partial charge < -0.3 is 15.2 Å². The quantitative estimate of drug-likeness (QED) is 0.869. The number of hydrogen-bond acceptors (Lipinski definition) is 3. The summed E-state index contributed by atoms with van der Waals surface area (Å²) in [6, 6.07) is 7.44. The van der Waals surface area contributed by atoms with Gasteiger partial charge in [0, 0.05) is 0 Å². The number of benzene rings is 1. The lowest BCUT2D eigenvalue weighted by atomic mass is 10.1. The first-order valence-corrected chi connectivity index (χ1v) is 6.36. The first-order chi connectivity index (χ1) is 8.20. The normalized spacial score (nSPS) is 25.8. The molecule has 94 valence electrons. The van der Waals surface area contributed by atoms with Crippen LogP contribution in [0.4, 0.5) is 5.69 Å². The van der Waals surface area contributed by atoms with E-state index in [0.717, 1.165) is 18.5 Å². The number of nitrogens with one attached hydrogen (secondary N) is 1. The third-order valence-electron chi connectivity index (χ3n) is 3.13. The third-order valence-corrected chi connectivity index (χ3v) is 3.45. The Hall–Kier alpha value is -0.770. The van der Waals surface area contributed by atoms with Gasteiger partial charge in [-0.15, -0.1) is 0 Å². The van der Waals surface area contributed by atoms with Crippen LogP contribution < -0.4 is 5.32 Å². The number of aliphatic hydroxyl groups is 1. The molecule has 1 aromatic rings. The summed E-state index contributed by atoms with van der Waals surface area (Å²) in [5, 5.41) is 13.4. The molecule has 0 radical (unpaired) electrons. The van der Waals surface area contributed by atoms with Crippen LogP contribution in [0.1, 0.15) is 19.8 Å². The van der Waals surface area contributed by atoms with Crippen LogP contribution in [-0.2, 0) is 4.74 Å². The van der Waals surface area contributed by atoms with Gasteiger partial charge in [-0.25, -0.2) is 0 Å². The molecule has 1 aromatic carbocycles. The monoisotopic (exact) mass is 255 g/mol. The molecule has 2 rings (SSSR count). The van der Waals surface area contributed by atoms with E-state index >= 15 is 0 Å². The van der Waals surface area contributed by atoms with Crippen LogP contribution >= 0.6 is 11.6 Å². The first-order valence-electron chi connectivity index (χ1n) is 5.98. The van der Waals surface area contributed by atoms with Gasteiger partial charge in [0.25, 0.3) is 0 Å². The number of halogens is 1. The van der Waals surface area contributed by atoms with Gasteiger partial charge in [0.15, 0.2) is 0 Å². The van der Waals surface area contributed by atoms with Crippen LogP contribution in [0.15, 0.2) is 24.3 Å². The second-order valence-corrected chi connectivity index (χ2v) is 4.88. The Balaban J connectivity index is 2.03. The topological polar surface area (TPSA) is 41.5 Å². The van der Waals surface area contributed by atoms with E-state index in [2.05, 4.69) is 12.2 Å². The first kappa shape index (κ1) is 12.7. The van der Waals surface area contributed by atoms with Crippen molar-refractivity contribution in [1.29, 1.82) is 0 Å². The SMILES string of the molecule is CC1CCC(C(CO)Nc2ccccc2Cl)O1. The highest BCUT2D eigenvalue weighted by atomic mass is 35.5. The average molecular weight is 256 g/mol. The van der Waals surface area contributed by atoms with Crippen molar-refractivity contribution in [2.75, 3.05) is 11.9 Å². The van der Waals surface area contributed by atoms with Crippen molar-refractivity contribution in [2.24, 2.45) is 0 Å². The molecule has 0 bridgehead atoms. The summed E-state index contributed by atoms with van der Waals surface area (Å²) in [6.45, 7) is 2.10. The Morgan fingerprint density at radius 1 is 1.47 bits per heavy atom. The fourth-order valence-electron chi connectivity index (χ4n) is 2.16. The van der Waals surface area contributed by atoms with Crippen LogP contribution in [0, 0.1) is 0 Å². The molecule has 2 N–H and O–H groups in total. The third kappa shape index (κ3) is 3.12. The summed E-state index contributed by atoms with van der Waals surface area (Å²) < 4.78 is 5.76. The van der Waals surface area contributed by atoms with Crippen molar-refractivity contribution in [3.63, 3.8) is 0 Å². The zero-order valence-electron chi connectivity index (χ0n) is 9.90. The Bertz CT molecular complexity index is 372. The van der Waals surface area contributed by atoms with Crippen LogP contribution in [-0.4, -0.2) is 30.0 Å². The minimum absolute atomic E-state index is 0.0443. The number of para-hydroxylation sites is 1. The number of rotatable bonds is 4. The van der Waals surface area contributed by atoms with E-state index in [-0.39, 0.29) is 24.9 Å². The minimum Gasteiger partial charge on any atom is -0.394 e. The standard InChI is InChI=1S/C13H18ClNO2/c1-9-6-7-13(17-9)12(8-16)15-11-5-3-2-4-10(11)14/h2-5,9,12-13,15-16H,6-8H2,1H3. The number of hydrogen-bond donors (Lipinski definition) is 2. The van der Waals surface area contributed by atoms with Crippen molar-refractivity contribution in [3.05, 3.63) is 29.3 Å². The van der Waals surface area contributed by atoms with Gasteiger partial charge >= 0.3 is 0 Å². The van der Waals surface area contributed by atoms with E-state index in [9.17, 15) is 5.11 Å². The molecule has 1 aliphatic rings. The summed E-state index contributed by atoms with van der Waals surface area (Å²) in [5.41, 5.74) is 0.844. The Kier molecular flexibility index (Phi) is 4.26. The van der Waals surface area contributed by atoms with Crippen molar-refractivity contribution >= 4 is 17.3 Å². The molecule has 3 unspecified atom stereocenters. The Morgan fingerprint density at radius 3 is 2.82 bits per heavy atom. The summed E-state index contributed by atoms with van der Waals surface area (Å²) in [4.78, 5) is 0. The molecule has 1 aliphatic heterocycles. The molecule has 0 spiro atoms. The molecule has 1 heterocycles. The van der Waals surface area contributed by atoms with Gasteiger partial charge in [-0.1, -0.05) is 23.7 Å². The largest absolute Gasteiger partial charge is 0.394 e. The fourth-order valence-corrected chi connectivity index (χ4v) is 2.35. The predicted octanol–water partition coefficient (Wildman–Crippen LogP) is 2.68. The van der Waals surface area contributed by atoms with E-state index in [1.807, 2.05) is 24.3 Å². The highest BCUT2D eigenvalue weighted by Crippen LogP contribution is 2.26. The Labute approximate surface area is 107 Å². The van der Waals surface area contributed by atoms with E-state index in [1.54, 1.807) is 0 Å². The summed E-state index contributed by atoms with van der Waals surface area (Å²) in [5.74, 6) is 0. The lowest BCUT2D eigenvalue weighted by molar-refractivity contribution is 0.0324. The molecule has 0 aliphatic carbocycles. The molecule has 0 saturated carbocycles. The lowest BCUT2D eigenvalue weighted by Crippen LogP contribution is -2.37. The van der Waals surface area contributed by atoms with Gasteiger partial charge in [0.05, 0.1) is 35.6 Å². The molecule has 1 fully saturated rings. The lowest BCUT2D eigenvalue weighted by Gasteiger charge is -2.24. The zero-order valence-corrected chi connectivity index (χ0v) is 10.7. The van der Waals surface area contributed by atoms with E-state index in [4.69, 9.17) is 16.3 Å². The van der Waals surface area contributed by atoms with Gasteiger partial charge in [-0.05, 0) is 31.9 Å². The smallest absolute Gasteiger partial charge is 0.0803 e. The molecule has 3 atom stereocenters. The van der Waals surface area contributed by atoms with Crippen LogP contribution in [0.25, 0.3) is 0 Å². The van der Waals surface area contributed by atoms with Crippen molar-refractivity contribution in [3.8, 4) is 0 Å². The summed E-state index contributed by atoms with van der Waals surface area (Å²) in [7, 11) is 0. The van der Waals surface area contributed by atoms with Gasteiger partial charge in [-0.2, -0.15) is 0 Å². The second-order valence-electron chi connectivity index (χ2n) is 4.48. The van der Waals surface area contributed by atoms with Gasteiger partial charge in [0.1, 0.15) is 0 Å². The molecule has 0 aromatic heterocycles. The summed E-state index contributed by atoms with van der Waals surface area (Å²) in [6.07, 6.45) is 2.36. The van der Waals surface area contributed by atoms with E-state index in [1.165, 1.54) is 0 Å². The maximum atomic E-state index is 9.44. The molecule has 4 heteroatoms. The van der Waals surface area contributed by atoms with Crippen LogP contribution in [0.2, 0.25) is 5.02 Å². The van der Waals surface area contributed by atoms with Crippen molar-refractivity contribution < 1.29 is 9.84 Å². The summed E-state index contributed by atoms with van der Waals surface area (Å²) >= 11 is 6.08. The molecule has 0 amide bonds. The fraction of sp³-hybridized carbons (Fsp3) is 0.538. The minimum atomic E-state index is -0.0974. The van der Waals surface area contributed by atoms with Crippen LogP contribution in [0.3, 0.4) is 0 Å². The van der Waals surface area contributed by atoms with E-state index < -0.39 is 0 Å². The molecular formula is C13H18ClNO2. The predicted molar refractivity (Wildman–Crippen MR) is 69.5 cm³/mol. The molecular weight excluding hydrogens is 238 g/mol. The molecule has 1 saturated heterocycles. The zero-order chi connectivity index (χ0) is 12.3. The Morgan fingerprint density at radius 2 is 2.24 bits per heavy atom. The molecule has 17 heavy (non-hydrogen) atoms. The number of ether oxygens (including phenoxy) is 1. The van der Waals surface area contributed by atoms with E-state index in [0.29, 0.717) is 5.02 Å². The maximum Gasteiger partial charge on any atom is 0.0803 e. The number of anilines is 1. The highest BCUT2D eigenvalue weighted by molar-refractivity contribution is 6.33. The molecule has 3 nitrogen and oxygen atoms in total. The highest BCUT2D eigenvalue weighted by Gasteiger charge is 2.29. The maximum absolute atomic E-state index is 9.44.